The van der Waals surface area contributed by atoms with Crippen molar-refractivity contribution in [2.75, 3.05) is 32.7 Å². The Morgan fingerprint density at radius 2 is 1.55 bits per heavy atom. The Labute approximate surface area is 179 Å². The van der Waals surface area contributed by atoms with Crippen LogP contribution in [-0.2, 0) is 22.6 Å². The van der Waals surface area contributed by atoms with Crippen LogP contribution in [0.1, 0.15) is 17.5 Å². The van der Waals surface area contributed by atoms with Crippen LogP contribution in [0.2, 0.25) is 0 Å². The van der Waals surface area contributed by atoms with E-state index >= 15 is 0 Å². The van der Waals surface area contributed by atoms with Crippen molar-refractivity contribution in [3.05, 3.63) is 65.7 Å². The number of urea groups is 1. The van der Waals surface area contributed by atoms with E-state index in [-0.39, 0.29) is 37.1 Å². The van der Waals surface area contributed by atoms with Crippen molar-refractivity contribution in [1.82, 2.24) is 14.5 Å². The minimum Gasteiger partial charge on any atom is -0.338 e. The highest BCUT2D eigenvalue weighted by Gasteiger charge is 2.33. The molecule has 0 radical (unpaired) electrons. The number of piperazine rings is 1. The monoisotopic (exact) mass is 455 g/mol. The predicted octanol–water partition coefficient (Wildman–Crippen LogP) is 3.35. The number of rotatable bonds is 6. The van der Waals surface area contributed by atoms with Gasteiger partial charge in [0.05, 0.1) is 10.5 Å². The zero-order valence-corrected chi connectivity index (χ0v) is 17.6. The Morgan fingerprint density at radius 1 is 0.935 bits per heavy atom. The van der Waals surface area contributed by atoms with E-state index in [0.29, 0.717) is 6.54 Å². The third kappa shape index (κ3) is 5.98. The number of carbonyl (C=O) groups excluding carboxylic acids is 1. The van der Waals surface area contributed by atoms with Gasteiger partial charge in [-0.25, -0.2) is 13.2 Å². The molecule has 1 aliphatic heterocycles. The number of amides is 2. The van der Waals surface area contributed by atoms with Gasteiger partial charge in [-0.05, 0) is 42.7 Å². The summed E-state index contributed by atoms with van der Waals surface area (Å²) in [5, 5.41) is 2.84. The van der Waals surface area contributed by atoms with E-state index in [2.05, 4.69) is 5.32 Å². The van der Waals surface area contributed by atoms with E-state index in [1.54, 1.807) is 4.90 Å². The summed E-state index contributed by atoms with van der Waals surface area (Å²) in [7, 11) is -3.92. The summed E-state index contributed by atoms with van der Waals surface area (Å²) in [5.41, 5.74) is 0.291. The number of hydrogen-bond acceptors (Lipinski definition) is 3. The molecule has 0 saturated carbocycles. The van der Waals surface area contributed by atoms with Gasteiger partial charge in [-0.1, -0.05) is 30.3 Å². The Kier molecular flexibility index (Phi) is 7.22. The summed E-state index contributed by atoms with van der Waals surface area (Å²) < 4.78 is 64.6. The van der Waals surface area contributed by atoms with Crippen LogP contribution in [0.25, 0.3) is 0 Å². The largest absolute Gasteiger partial charge is 0.416 e. The third-order valence-corrected chi connectivity index (χ3v) is 7.02. The topological polar surface area (TPSA) is 69.7 Å². The molecule has 1 fully saturated rings. The maximum absolute atomic E-state index is 12.7. The van der Waals surface area contributed by atoms with Gasteiger partial charge in [-0.15, -0.1) is 0 Å². The second-order valence-corrected chi connectivity index (χ2v) is 9.17. The first-order chi connectivity index (χ1) is 14.7. The molecule has 6 nitrogen and oxygen atoms in total. The molecule has 2 amide bonds. The molecule has 2 aromatic carbocycles. The van der Waals surface area contributed by atoms with Gasteiger partial charge in [0.1, 0.15) is 0 Å². The van der Waals surface area contributed by atoms with Crippen molar-refractivity contribution in [3.8, 4) is 0 Å². The van der Waals surface area contributed by atoms with Gasteiger partial charge in [-0.2, -0.15) is 17.5 Å². The SMILES string of the molecule is O=C(NCCCc1ccccc1)N1CCN(S(=O)(=O)c2ccc(C(F)(F)F)cc2)CC1. The number of nitrogens with one attached hydrogen (secondary N) is 1. The summed E-state index contributed by atoms with van der Waals surface area (Å²) in [5.74, 6) is 0. The van der Waals surface area contributed by atoms with Gasteiger partial charge in [0.25, 0.3) is 0 Å². The molecule has 1 N–H and O–H groups in total. The molecule has 168 valence electrons. The van der Waals surface area contributed by atoms with Gasteiger partial charge in [0, 0.05) is 32.7 Å². The van der Waals surface area contributed by atoms with Crippen LogP contribution in [0.15, 0.2) is 59.5 Å². The normalized spacial score (nSPS) is 15.6. The molecule has 0 aliphatic carbocycles. The van der Waals surface area contributed by atoms with Crippen molar-refractivity contribution in [1.29, 1.82) is 0 Å². The first-order valence-corrected chi connectivity index (χ1v) is 11.4. The van der Waals surface area contributed by atoms with Crippen molar-refractivity contribution in [2.45, 2.75) is 23.9 Å². The number of benzene rings is 2. The molecule has 0 aromatic heterocycles. The summed E-state index contributed by atoms with van der Waals surface area (Å²) in [6, 6.07) is 13.1. The van der Waals surface area contributed by atoms with Crippen LogP contribution >= 0.6 is 0 Å². The highest BCUT2D eigenvalue weighted by atomic mass is 32.2. The molecule has 0 bridgehead atoms. The third-order valence-electron chi connectivity index (χ3n) is 5.11. The molecule has 0 atom stereocenters. The number of alkyl halides is 3. The van der Waals surface area contributed by atoms with E-state index in [4.69, 9.17) is 0 Å². The Morgan fingerprint density at radius 3 is 2.13 bits per heavy atom. The van der Waals surface area contributed by atoms with Gasteiger partial charge in [0.2, 0.25) is 10.0 Å². The standard InChI is InChI=1S/C21H24F3N3O3S/c22-21(23,24)18-8-10-19(11-9-18)31(29,30)27-15-13-26(14-16-27)20(28)25-12-4-7-17-5-2-1-3-6-17/h1-3,5-6,8-11H,4,7,12-16H2,(H,25,28). The minimum absolute atomic E-state index is 0.0841. The van der Waals surface area contributed by atoms with Crippen LogP contribution in [0, 0.1) is 0 Å². The summed E-state index contributed by atoms with van der Waals surface area (Å²) >= 11 is 0. The van der Waals surface area contributed by atoms with Crippen molar-refractivity contribution in [2.24, 2.45) is 0 Å². The van der Waals surface area contributed by atoms with E-state index in [1.807, 2.05) is 30.3 Å². The second-order valence-electron chi connectivity index (χ2n) is 7.23. The zero-order valence-electron chi connectivity index (χ0n) is 16.8. The number of sulfonamides is 1. The first-order valence-electron chi connectivity index (χ1n) is 9.92. The van der Waals surface area contributed by atoms with E-state index in [9.17, 15) is 26.4 Å². The van der Waals surface area contributed by atoms with Crippen LogP contribution in [-0.4, -0.2) is 56.4 Å². The fraction of sp³-hybridized carbons (Fsp3) is 0.381. The summed E-state index contributed by atoms with van der Waals surface area (Å²) in [6.45, 7) is 1.11. The number of aryl methyl sites for hydroxylation is 1. The Hall–Kier alpha value is -2.59. The molecule has 31 heavy (non-hydrogen) atoms. The number of hydrogen-bond donors (Lipinski definition) is 1. The zero-order chi connectivity index (χ0) is 22.5. The average Bonchev–Trinajstić information content (AvgIpc) is 2.77. The highest BCUT2D eigenvalue weighted by Crippen LogP contribution is 2.30. The number of carbonyl (C=O) groups is 1. The maximum Gasteiger partial charge on any atom is 0.416 e. The molecule has 3 rings (SSSR count). The minimum atomic E-state index is -4.53. The summed E-state index contributed by atoms with van der Waals surface area (Å²) in [6.07, 6.45) is -2.89. The maximum atomic E-state index is 12.7. The average molecular weight is 456 g/mol. The van der Waals surface area contributed by atoms with Gasteiger partial charge in [-0.3, -0.25) is 0 Å². The number of halogens is 3. The lowest BCUT2D eigenvalue weighted by Crippen LogP contribution is -2.53. The van der Waals surface area contributed by atoms with Crippen LogP contribution < -0.4 is 5.32 Å². The molecule has 2 aromatic rings. The lowest BCUT2D eigenvalue weighted by atomic mass is 10.1. The fourth-order valence-electron chi connectivity index (χ4n) is 3.34. The molecular weight excluding hydrogens is 431 g/mol. The number of nitrogens with zero attached hydrogens (tertiary/aromatic N) is 2. The lowest BCUT2D eigenvalue weighted by Gasteiger charge is -2.34. The quantitative estimate of drug-likeness (QED) is 0.680. The molecular formula is C21H24F3N3O3S. The molecule has 0 spiro atoms. The smallest absolute Gasteiger partial charge is 0.338 e. The van der Waals surface area contributed by atoms with Crippen LogP contribution in [0.5, 0.6) is 0 Å². The second kappa shape index (κ2) is 9.69. The highest BCUT2D eigenvalue weighted by molar-refractivity contribution is 7.89. The Balaban J connectivity index is 1.47. The Bertz CT molecular complexity index is 972. The first kappa shape index (κ1) is 23.1. The lowest BCUT2D eigenvalue weighted by molar-refractivity contribution is -0.137. The summed E-state index contributed by atoms with van der Waals surface area (Å²) in [4.78, 5) is 13.7. The van der Waals surface area contributed by atoms with Gasteiger partial charge >= 0.3 is 12.2 Å². The molecule has 1 saturated heterocycles. The molecule has 10 heteroatoms. The van der Waals surface area contributed by atoms with Crippen LogP contribution in [0.3, 0.4) is 0 Å². The molecule has 1 heterocycles. The molecule has 0 unspecified atom stereocenters. The van der Waals surface area contributed by atoms with E-state index in [0.717, 1.165) is 37.1 Å². The van der Waals surface area contributed by atoms with E-state index < -0.39 is 21.8 Å². The van der Waals surface area contributed by atoms with Gasteiger partial charge in [0.15, 0.2) is 0 Å². The molecule has 1 aliphatic rings. The van der Waals surface area contributed by atoms with Crippen LogP contribution in [0.4, 0.5) is 18.0 Å². The van der Waals surface area contributed by atoms with Crippen molar-refractivity contribution in [3.63, 3.8) is 0 Å². The fourth-order valence-corrected chi connectivity index (χ4v) is 4.76. The van der Waals surface area contributed by atoms with Gasteiger partial charge < -0.3 is 10.2 Å². The van der Waals surface area contributed by atoms with Crippen molar-refractivity contribution < 1.29 is 26.4 Å². The van der Waals surface area contributed by atoms with E-state index in [1.165, 1.54) is 9.87 Å². The predicted molar refractivity (Wildman–Crippen MR) is 110 cm³/mol. The van der Waals surface area contributed by atoms with Crippen molar-refractivity contribution >= 4 is 16.1 Å².